The molecule has 16 heavy (non-hydrogen) atoms. The van der Waals surface area contributed by atoms with Crippen LogP contribution < -0.4 is 11.1 Å². The number of rotatable bonds is 2. The van der Waals surface area contributed by atoms with Gasteiger partial charge in [0, 0.05) is 17.8 Å². The van der Waals surface area contributed by atoms with Gasteiger partial charge in [0.25, 0.3) is 5.91 Å². The van der Waals surface area contributed by atoms with Crippen LogP contribution in [-0.4, -0.2) is 28.2 Å². The number of nitrogens with one attached hydrogen (secondary N) is 2. The maximum Gasteiger partial charge on any atom is 0.254 e. The van der Waals surface area contributed by atoms with Crippen LogP contribution in [0.5, 0.6) is 0 Å². The molecule has 1 aromatic heterocycles. The number of carbonyl (C=O) groups excluding carboxylic acids is 1. The molecule has 0 radical (unpaired) electrons. The van der Waals surface area contributed by atoms with Crippen LogP contribution in [0.3, 0.4) is 0 Å². The molecule has 5 nitrogen and oxygen atoms in total. The van der Waals surface area contributed by atoms with Gasteiger partial charge < -0.3 is 11.1 Å². The third-order valence-electron chi connectivity index (χ3n) is 3.18. The number of amides is 1. The Hall–Kier alpha value is -1.36. The summed E-state index contributed by atoms with van der Waals surface area (Å²) < 4.78 is 0. The summed E-state index contributed by atoms with van der Waals surface area (Å²) in [6.45, 7) is 1.85. The van der Waals surface area contributed by atoms with Crippen LogP contribution in [0.25, 0.3) is 0 Å². The number of H-pyrrole nitrogens is 1. The first-order chi connectivity index (χ1) is 7.66. The molecule has 1 saturated carbocycles. The van der Waals surface area contributed by atoms with Crippen LogP contribution in [0.4, 0.5) is 0 Å². The Labute approximate surface area is 94.8 Å². The van der Waals surface area contributed by atoms with E-state index in [2.05, 4.69) is 15.5 Å². The van der Waals surface area contributed by atoms with Gasteiger partial charge in [0.1, 0.15) is 0 Å². The number of aromatic amines is 1. The van der Waals surface area contributed by atoms with Crippen molar-refractivity contribution in [3.05, 3.63) is 17.5 Å². The quantitative estimate of drug-likeness (QED) is 0.689. The van der Waals surface area contributed by atoms with Crippen LogP contribution in [0.15, 0.2) is 6.20 Å². The lowest BCUT2D eigenvalue weighted by atomic mass is 9.91. The van der Waals surface area contributed by atoms with Gasteiger partial charge >= 0.3 is 0 Å². The van der Waals surface area contributed by atoms with Gasteiger partial charge in [-0.1, -0.05) is 0 Å². The van der Waals surface area contributed by atoms with Crippen molar-refractivity contribution in [1.82, 2.24) is 15.5 Å². The summed E-state index contributed by atoms with van der Waals surface area (Å²) in [5, 5.41) is 9.63. The van der Waals surface area contributed by atoms with E-state index in [4.69, 9.17) is 5.73 Å². The standard InChI is InChI=1S/C11H18N4O/c1-7-10(6-13-15-7)11(16)14-9-4-2-8(12)3-5-9/h6,8-9H,2-5,12H2,1H3,(H,13,15)(H,14,16). The summed E-state index contributed by atoms with van der Waals surface area (Å²) in [5.74, 6) is -0.0354. The fraction of sp³-hybridized carbons (Fsp3) is 0.636. The molecule has 4 N–H and O–H groups in total. The number of hydrogen-bond acceptors (Lipinski definition) is 3. The molecular formula is C11H18N4O. The second-order valence-electron chi connectivity index (χ2n) is 4.49. The topological polar surface area (TPSA) is 83.8 Å². The van der Waals surface area contributed by atoms with Crippen LogP contribution in [-0.2, 0) is 0 Å². The van der Waals surface area contributed by atoms with E-state index >= 15 is 0 Å². The van der Waals surface area contributed by atoms with Gasteiger partial charge in [-0.2, -0.15) is 5.10 Å². The van der Waals surface area contributed by atoms with E-state index in [0.717, 1.165) is 31.4 Å². The Bertz CT molecular complexity index is 366. The van der Waals surface area contributed by atoms with Gasteiger partial charge in [0.15, 0.2) is 0 Å². The minimum absolute atomic E-state index is 0.0354. The fourth-order valence-electron chi connectivity index (χ4n) is 2.11. The average Bonchev–Trinajstić information content (AvgIpc) is 2.68. The van der Waals surface area contributed by atoms with Gasteiger partial charge in [-0.25, -0.2) is 0 Å². The number of nitrogens with two attached hydrogens (primary N) is 1. The molecule has 0 saturated heterocycles. The monoisotopic (exact) mass is 222 g/mol. The van der Waals surface area contributed by atoms with Crippen LogP contribution in [0, 0.1) is 6.92 Å². The van der Waals surface area contributed by atoms with E-state index in [1.54, 1.807) is 6.20 Å². The second-order valence-corrected chi connectivity index (χ2v) is 4.49. The molecule has 1 heterocycles. The van der Waals surface area contributed by atoms with Crippen molar-refractivity contribution in [3.8, 4) is 0 Å². The maximum absolute atomic E-state index is 11.9. The molecule has 0 aliphatic heterocycles. The van der Waals surface area contributed by atoms with E-state index in [0.29, 0.717) is 11.6 Å². The fourth-order valence-corrected chi connectivity index (χ4v) is 2.11. The molecule has 1 aliphatic carbocycles. The van der Waals surface area contributed by atoms with Crippen molar-refractivity contribution in [2.45, 2.75) is 44.7 Å². The lowest BCUT2D eigenvalue weighted by Crippen LogP contribution is -2.40. The van der Waals surface area contributed by atoms with E-state index in [9.17, 15) is 4.79 Å². The molecule has 0 spiro atoms. The molecule has 88 valence electrons. The zero-order valence-corrected chi connectivity index (χ0v) is 9.49. The lowest BCUT2D eigenvalue weighted by Gasteiger charge is -2.26. The molecule has 1 aliphatic rings. The number of aromatic nitrogens is 2. The van der Waals surface area contributed by atoms with Crippen molar-refractivity contribution in [3.63, 3.8) is 0 Å². The van der Waals surface area contributed by atoms with Gasteiger partial charge in [0.05, 0.1) is 11.8 Å². The first-order valence-corrected chi connectivity index (χ1v) is 5.73. The number of nitrogens with zero attached hydrogens (tertiary/aromatic N) is 1. The predicted molar refractivity (Wildman–Crippen MR) is 61.0 cm³/mol. The summed E-state index contributed by atoms with van der Waals surface area (Å²) in [6.07, 6.45) is 5.51. The predicted octanol–water partition coefficient (Wildman–Crippen LogP) is 0.718. The van der Waals surface area contributed by atoms with E-state index in [-0.39, 0.29) is 11.9 Å². The second kappa shape index (κ2) is 4.65. The smallest absolute Gasteiger partial charge is 0.254 e. The first kappa shape index (κ1) is 11.1. The highest BCUT2D eigenvalue weighted by Gasteiger charge is 2.21. The highest BCUT2D eigenvalue weighted by atomic mass is 16.1. The SMILES string of the molecule is Cc1[nH]ncc1C(=O)NC1CCC(N)CC1. The Balaban J connectivity index is 1.91. The molecule has 1 fully saturated rings. The largest absolute Gasteiger partial charge is 0.349 e. The summed E-state index contributed by atoms with van der Waals surface area (Å²) in [5.41, 5.74) is 7.26. The Kier molecular flexibility index (Phi) is 3.24. The first-order valence-electron chi connectivity index (χ1n) is 5.73. The van der Waals surface area contributed by atoms with Crippen molar-refractivity contribution < 1.29 is 4.79 Å². The van der Waals surface area contributed by atoms with Crippen molar-refractivity contribution in [1.29, 1.82) is 0 Å². The normalized spacial score (nSPS) is 25.4. The molecule has 0 aromatic carbocycles. The Morgan fingerprint density at radius 3 is 2.75 bits per heavy atom. The Morgan fingerprint density at radius 2 is 2.19 bits per heavy atom. The summed E-state index contributed by atoms with van der Waals surface area (Å²) in [4.78, 5) is 11.9. The van der Waals surface area contributed by atoms with Crippen molar-refractivity contribution in [2.24, 2.45) is 5.73 Å². The molecule has 0 bridgehead atoms. The van der Waals surface area contributed by atoms with E-state index in [1.165, 1.54) is 0 Å². The van der Waals surface area contributed by atoms with Crippen LogP contribution in [0.2, 0.25) is 0 Å². The highest BCUT2D eigenvalue weighted by molar-refractivity contribution is 5.95. The van der Waals surface area contributed by atoms with Gasteiger partial charge in [0.2, 0.25) is 0 Å². The van der Waals surface area contributed by atoms with Crippen molar-refractivity contribution >= 4 is 5.91 Å². The average molecular weight is 222 g/mol. The van der Waals surface area contributed by atoms with E-state index < -0.39 is 0 Å². The maximum atomic E-state index is 11.9. The highest BCUT2D eigenvalue weighted by Crippen LogP contribution is 2.17. The third-order valence-corrected chi connectivity index (χ3v) is 3.18. The zero-order chi connectivity index (χ0) is 11.5. The van der Waals surface area contributed by atoms with Gasteiger partial charge in [-0.15, -0.1) is 0 Å². The minimum Gasteiger partial charge on any atom is -0.349 e. The molecule has 0 unspecified atom stereocenters. The molecule has 2 rings (SSSR count). The number of aryl methyl sites for hydroxylation is 1. The summed E-state index contributed by atoms with van der Waals surface area (Å²) in [6, 6.07) is 0.574. The van der Waals surface area contributed by atoms with E-state index in [1.807, 2.05) is 6.92 Å². The molecule has 1 amide bonds. The summed E-state index contributed by atoms with van der Waals surface area (Å²) in [7, 11) is 0. The number of hydrogen-bond donors (Lipinski definition) is 3. The molecular weight excluding hydrogens is 204 g/mol. The molecule has 1 aromatic rings. The number of carbonyl (C=O) groups is 1. The summed E-state index contributed by atoms with van der Waals surface area (Å²) >= 11 is 0. The van der Waals surface area contributed by atoms with Crippen molar-refractivity contribution in [2.75, 3.05) is 0 Å². The third kappa shape index (κ3) is 2.41. The molecule has 5 heteroatoms. The van der Waals surface area contributed by atoms with Crippen LogP contribution in [0.1, 0.15) is 41.7 Å². The molecule has 0 atom stereocenters. The Morgan fingerprint density at radius 1 is 1.50 bits per heavy atom. The minimum atomic E-state index is -0.0354. The van der Waals surface area contributed by atoms with Crippen LogP contribution >= 0.6 is 0 Å². The zero-order valence-electron chi connectivity index (χ0n) is 9.49. The van der Waals surface area contributed by atoms with Gasteiger partial charge in [-0.3, -0.25) is 9.89 Å². The van der Waals surface area contributed by atoms with Gasteiger partial charge in [-0.05, 0) is 32.6 Å². The lowest BCUT2D eigenvalue weighted by molar-refractivity contribution is 0.0925.